The number of aryl methyl sites for hydroxylation is 1. The number of ketones is 1. The van der Waals surface area contributed by atoms with E-state index in [4.69, 9.17) is 25.8 Å². The van der Waals surface area contributed by atoms with E-state index >= 15 is 0 Å². The third-order valence-corrected chi connectivity index (χ3v) is 5.06. The molecule has 5 nitrogen and oxygen atoms in total. The van der Waals surface area contributed by atoms with E-state index in [1.165, 1.54) is 37.5 Å². The van der Waals surface area contributed by atoms with Gasteiger partial charge in [0.1, 0.15) is 23.1 Å². The van der Waals surface area contributed by atoms with Gasteiger partial charge in [-0.15, -0.1) is 0 Å². The van der Waals surface area contributed by atoms with Gasteiger partial charge in [0.05, 0.1) is 23.3 Å². The molecule has 0 aromatic heterocycles. The number of hydrogen-bond acceptors (Lipinski definition) is 5. The Morgan fingerprint density at radius 2 is 1.87 bits per heavy atom. The summed E-state index contributed by atoms with van der Waals surface area (Å²) in [4.78, 5) is 25.3. The molecule has 31 heavy (non-hydrogen) atoms. The van der Waals surface area contributed by atoms with Crippen LogP contribution >= 0.6 is 11.6 Å². The summed E-state index contributed by atoms with van der Waals surface area (Å²) in [5.41, 5.74) is 1.24. The maximum atomic E-state index is 14.1. The molecule has 0 saturated carbocycles. The molecule has 0 bridgehead atoms. The number of allylic oxidation sites excluding steroid dienone is 1. The summed E-state index contributed by atoms with van der Waals surface area (Å²) >= 11 is 6.04. The van der Waals surface area contributed by atoms with E-state index in [1.807, 2.05) is 0 Å². The van der Waals surface area contributed by atoms with Gasteiger partial charge >= 0.3 is 5.97 Å². The molecule has 0 radical (unpaired) electrons. The highest BCUT2D eigenvalue weighted by Gasteiger charge is 2.31. The molecule has 0 amide bonds. The van der Waals surface area contributed by atoms with E-state index in [0.29, 0.717) is 22.4 Å². The molecule has 1 aliphatic rings. The topological polar surface area (TPSA) is 61.8 Å². The average Bonchev–Trinajstić information content (AvgIpc) is 3.06. The van der Waals surface area contributed by atoms with Crippen molar-refractivity contribution < 1.29 is 28.2 Å². The van der Waals surface area contributed by atoms with Crippen LogP contribution < -0.4 is 14.2 Å². The smallest absolute Gasteiger partial charge is 0.343 e. The standard InChI is InChI=1S/C24H16ClFO5/c1-13-9-16(30-24(28)14-5-3-6-15(10-14)29-2)11-20-22(13)23(27)21(31-20)12-17-18(25)7-4-8-19(17)26/h3-12H,1-2H3/b21-12-. The van der Waals surface area contributed by atoms with Crippen molar-refractivity contribution >= 4 is 29.4 Å². The molecule has 0 N–H and O–H groups in total. The average molecular weight is 439 g/mol. The number of Topliss-reactive ketones (excluding diaryl/α,β-unsaturated/α-hetero) is 1. The number of methoxy groups -OCH3 is 1. The molecular weight excluding hydrogens is 423 g/mol. The minimum absolute atomic E-state index is 0.0580. The lowest BCUT2D eigenvalue weighted by Gasteiger charge is -2.08. The van der Waals surface area contributed by atoms with Gasteiger partial charge in [0.25, 0.3) is 0 Å². The van der Waals surface area contributed by atoms with Crippen LogP contribution in [0, 0.1) is 12.7 Å². The summed E-state index contributed by atoms with van der Waals surface area (Å²) in [6.45, 7) is 1.70. The molecule has 4 rings (SSSR count). The largest absolute Gasteiger partial charge is 0.497 e. The monoisotopic (exact) mass is 438 g/mol. The van der Waals surface area contributed by atoms with Crippen molar-refractivity contribution in [1.29, 1.82) is 0 Å². The Balaban J connectivity index is 1.63. The van der Waals surface area contributed by atoms with Gasteiger partial charge in [0.15, 0.2) is 5.76 Å². The van der Waals surface area contributed by atoms with Crippen molar-refractivity contribution in [3.8, 4) is 17.2 Å². The third-order valence-electron chi connectivity index (χ3n) is 4.73. The van der Waals surface area contributed by atoms with Crippen LogP contribution in [0.4, 0.5) is 4.39 Å². The first kappa shape index (κ1) is 20.6. The molecule has 0 aliphatic carbocycles. The lowest BCUT2D eigenvalue weighted by atomic mass is 10.0. The van der Waals surface area contributed by atoms with Crippen LogP contribution in [0.1, 0.15) is 31.8 Å². The van der Waals surface area contributed by atoms with Crippen LogP contribution in [0.25, 0.3) is 6.08 Å². The van der Waals surface area contributed by atoms with Crippen molar-refractivity contribution in [2.45, 2.75) is 6.92 Å². The van der Waals surface area contributed by atoms with Gasteiger partial charge in [-0.1, -0.05) is 23.7 Å². The van der Waals surface area contributed by atoms with Gasteiger partial charge in [0.2, 0.25) is 5.78 Å². The Morgan fingerprint density at radius 1 is 1.10 bits per heavy atom. The number of carbonyl (C=O) groups is 2. The normalized spacial score (nSPS) is 13.7. The van der Waals surface area contributed by atoms with E-state index in [1.54, 1.807) is 37.3 Å². The van der Waals surface area contributed by atoms with E-state index in [2.05, 4.69) is 0 Å². The fraction of sp³-hybridized carbons (Fsp3) is 0.0833. The molecule has 1 aliphatic heterocycles. The molecule has 0 saturated heterocycles. The molecule has 0 unspecified atom stereocenters. The van der Waals surface area contributed by atoms with Crippen molar-refractivity contribution in [2.24, 2.45) is 0 Å². The minimum atomic E-state index is -0.587. The molecular formula is C24H16ClFO5. The predicted molar refractivity (Wildman–Crippen MR) is 113 cm³/mol. The summed E-state index contributed by atoms with van der Waals surface area (Å²) in [6, 6.07) is 13.8. The van der Waals surface area contributed by atoms with Crippen molar-refractivity contribution in [3.63, 3.8) is 0 Å². The minimum Gasteiger partial charge on any atom is -0.497 e. The lowest BCUT2D eigenvalue weighted by Crippen LogP contribution is -2.09. The van der Waals surface area contributed by atoms with Crippen molar-refractivity contribution in [3.05, 3.63) is 93.5 Å². The second-order valence-electron chi connectivity index (χ2n) is 6.81. The first-order valence-electron chi connectivity index (χ1n) is 9.26. The Bertz CT molecular complexity index is 1230. The number of fused-ring (bicyclic) bond motifs is 1. The Hall–Kier alpha value is -3.64. The number of rotatable bonds is 4. The highest BCUT2D eigenvalue weighted by Crippen LogP contribution is 2.38. The van der Waals surface area contributed by atoms with E-state index in [0.717, 1.165) is 0 Å². The SMILES string of the molecule is COc1cccc(C(=O)Oc2cc(C)c3c(c2)O/C(=C\c2c(F)cccc2Cl)C3=O)c1. The number of hydrogen-bond donors (Lipinski definition) is 0. The van der Waals surface area contributed by atoms with E-state index in [9.17, 15) is 14.0 Å². The number of ether oxygens (including phenoxy) is 3. The van der Waals surface area contributed by atoms with Crippen LogP contribution in [0.5, 0.6) is 17.2 Å². The second-order valence-corrected chi connectivity index (χ2v) is 7.22. The van der Waals surface area contributed by atoms with Crippen LogP contribution in [-0.4, -0.2) is 18.9 Å². The first-order valence-corrected chi connectivity index (χ1v) is 9.64. The molecule has 1 heterocycles. The predicted octanol–water partition coefficient (Wildman–Crippen LogP) is 5.63. The Morgan fingerprint density at radius 3 is 2.61 bits per heavy atom. The molecule has 3 aromatic rings. The van der Waals surface area contributed by atoms with Crippen LogP contribution in [-0.2, 0) is 0 Å². The summed E-state index contributed by atoms with van der Waals surface area (Å²) in [5, 5.41) is 0.157. The van der Waals surface area contributed by atoms with Gasteiger partial charge in [0, 0.05) is 11.6 Å². The third kappa shape index (κ3) is 4.02. The maximum Gasteiger partial charge on any atom is 0.343 e. The number of halogens is 2. The fourth-order valence-electron chi connectivity index (χ4n) is 3.23. The van der Waals surface area contributed by atoms with Crippen LogP contribution in [0.2, 0.25) is 5.02 Å². The van der Waals surface area contributed by atoms with Gasteiger partial charge < -0.3 is 14.2 Å². The van der Waals surface area contributed by atoms with Gasteiger partial charge in [-0.05, 0) is 55.0 Å². The van der Waals surface area contributed by atoms with Gasteiger partial charge in [-0.25, -0.2) is 9.18 Å². The highest BCUT2D eigenvalue weighted by molar-refractivity contribution is 6.32. The lowest BCUT2D eigenvalue weighted by molar-refractivity contribution is 0.0734. The number of benzene rings is 3. The zero-order valence-electron chi connectivity index (χ0n) is 16.6. The first-order chi connectivity index (χ1) is 14.9. The van der Waals surface area contributed by atoms with E-state index in [-0.39, 0.29) is 27.8 Å². The van der Waals surface area contributed by atoms with Gasteiger partial charge in [-0.2, -0.15) is 0 Å². The summed E-state index contributed by atoms with van der Waals surface area (Å²) in [6.07, 6.45) is 1.27. The summed E-state index contributed by atoms with van der Waals surface area (Å²) in [5.74, 6) is -0.679. The highest BCUT2D eigenvalue weighted by atomic mass is 35.5. The molecule has 7 heteroatoms. The molecule has 156 valence electrons. The molecule has 0 fully saturated rings. The van der Waals surface area contributed by atoms with Crippen molar-refractivity contribution in [2.75, 3.05) is 7.11 Å². The molecule has 0 spiro atoms. The number of esters is 1. The quantitative estimate of drug-likeness (QED) is 0.300. The molecule has 3 aromatic carbocycles. The Kier molecular flexibility index (Phi) is 5.48. The number of carbonyl (C=O) groups excluding carboxylic acids is 2. The fourth-order valence-corrected chi connectivity index (χ4v) is 3.45. The molecule has 0 atom stereocenters. The summed E-state index contributed by atoms with van der Waals surface area (Å²) in [7, 11) is 1.50. The van der Waals surface area contributed by atoms with E-state index < -0.39 is 17.6 Å². The van der Waals surface area contributed by atoms with Crippen LogP contribution in [0.3, 0.4) is 0 Å². The second kappa shape index (κ2) is 8.24. The van der Waals surface area contributed by atoms with Gasteiger partial charge in [-0.3, -0.25) is 4.79 Å². The van der Waals surface area contributed by atoms with Crippen LogP contribution in [0.15, 0.2) is 60.4 Å². The van der Waals surface area contributed by atoms with Crippen molar-refractivity contribution in [1.82, 2.24) is 0 Å². The summed E-state index contributed by atoms with van der Waals surface area (Å²) < 4.78 is 30.3. The maximum absolute atomic E-state index is 14.1. The Labute approximate surface area is 182 Å². The zero-order valence-corrected chi connectivity index (χ0v) is 17.3. The zero-order chi connectivity index (χ0) is 22.1.